The molecule has 1 fully saturated rings. The van der Waals surface area contributed by atoms with Gasteiger partial charge in [0.05, 0.1) is 17.0 Å². The number of halogens is 2. The molecule has 2 atom stereocenters. The summed E-state index contributed by atoms with van der Waals surface area (Å²) in [6.07, 6.45) is 1.75. The topological polar surface area (TPSA) is 97.9 Å². The van der Waals surface area contributed by atoms with E-state index in [1.165, 1.54) is 18.2 Å². The van der Waals surface area contributed by atoms with Crippen LogP contribution in [0.4, 0.5) is 14.6 Å². The third-order valence-electron chi connectivity index (χ3n) is 7.87. The summed E-state index contributed by atoms with van der Waals surface area (Å²) in [6.45, 7) is 7.19. The summed E-state index contributed by atoms with van der Waals surface area (Å²) in [5.74, 6) is -1.16. The lowest BCUT2D eigenvalue weighted by molar-refractivity contribution is 0.0645. The highest BCUT2D eigenvalue weighted by Crippen LogP contribution is 2.67. The van der Waals surface area contributed by atoms with Crippen LogP contribution < -0.4 is 5.73 Å². The van der Waals surface area contributed by atoms with Gasteiger partial charge in [-0.1, -0.05) is 19.9 Å². The zero-order valence-electron chi connectivity index (χ0n) is 19.3. The molecule has 2 aliphatic carbocycles. The number of fused-ring (bicyclic) bond motifs is 5. The molecule has 1 aromatic carbocycles. The Balaban J connectivity index is 1.55. The Kier molecular flexibility index (Phi) is 5.11. The number of hydrogen-bond acceptors (Lipinski definition) is 6. The van der Waals surface area contributed by atoms with Gasteiger partial charge in [0.15, 0.2) is 5.69 Å². The van der Waals surface area contributed by atoms with Crippen molar-refractivity contribution in [3.8, 4) is 11.3 Å². The van der Waals surface area contributed by atoms with Crippen LogP contribution in [-0.2, 0) is 5.41 Å². The average molecular weight is 465 g/mol. The first-order valence-electron chi connectivity index (χ1n) is 11.4. The molecule has 2 N–H and O–H groups in total. The number of amides is 1. The van der Waals surface area contributed by atoms with Crippen molar-refractivity contribution in [2.45, 2.75) is 44.9 Å². The molecule has 5 rings (SSSR count). The molecule has 0 unspecified atom stereocenters. The molecule has 1 saturated carbocycles. The number of aromatic nitrogens is 4. The molecule has 0 aliphatic heterocycles. The van der Waals surface area contributed by atoms with E-state index in [1.807, 2.05) is 6.92 Å². The van der Waals surface area contributed by atoms with Crippen molar-refractivity contribution in [1.29, 1.82) is 0 Å². The van der Waals surface area contributed by atoms with Crippen molar-refractivity contribution in [2.24, 2.45) is 5.41 Å². The highest BCUT2D eigenvalue weighted by atomic mass is 19.1. The molecule has 0 radical (unpaired) electrons. The Labute approximate surface area is 196 Å². The lowest BCUT2D eigenvalue weighted by Gasteiger charge is -2.41. The molecule has 34 heavy (non-hydrogen) atoms. The lowest BCUT2D eigenvalue weighted by Crippen LogP contribution is -2.48. The first kappa shape index (κ1) is 22.3. The minimum atomic E-state index is -0.668. The first-order chi connectivity index (χ1) is 16.2. The number of likely N-dealkylation sites (N-methyl/N-ethyl adjacent to an activating group) is 1. The Morgan fingerprint density at radius 1 is 1.12 bits per heavy atom. The van der Waals surface area contributed by atoms with Gasteiger partial charge in [0, 0.05) is 18.5 Å². The van der Waals surface area contributed by atoms with Crippen LogP contribution in [-0.4, -0.2) is 44.3 Å². The summed E-state index contributed by atoms with van der Waals surface area (Å²) in [5, 5.41) is 16.5. The smallest absolute Gasteiger partial charge is 0.274 e. The SMILES string of the molecule is CCN(C[C@@]12CC[C@@H](c3cc(-c4c(F)cccc4F)nnc31)C2(C)C)C(=O)c1ccc(N)nn1. The quantitative estimate of drug-likeness (QED) is 0.610. The second-order valence-corrected chi connectivity index (χ2v) is 9.69. The van der Waals surface area contributed by atoms with E-state index in [1.54, 1.807) is 23.1 Å². The van der Waals surface area contributed by atoms with E-state index in [0.29, 0.717) is 13.1 Å². The van der Waals surface area contributed by atoms with E-state index in [9.17, 15) is 13.6 Å². The normalized spacial score (nSPS) is 22.0. The van der Waals surface area contributed by atoms with Crippen LogP contribution in [0.25, 0.3) is 11.3 Å². The van der Waals surface area contributed by atoms with Crippen LogP contribution >= 0.6 is 0 Å². The summed E-state index contributed by atoms with van der Waals surface area (Å²) < 4.78 is 28.9. The molecule has 2 bridgehead atoms. The maximum Gasteiger partial charge on any atom is 0.274 e. The number of nitrogens with two attached hydrogens (primary N) is 1. The van der Waals surface area contributed by atoms with Gasteiger partial charge in [-0.2, -0.15) is 10.2 Å². The average Bonchev–Trinajstić information content (AvgIpc) is 3.17. The lowest BCUT2D eigenvalue weighted by atomic mass is 9.68. The van der Waals surface area contributed by atoms with Gasteiger partial charge >= 0.3 is 0 Å². The van der Waals surface area contributed by atoms with Gasteiger partial charge < -0.3 is 10.6 Å². The van der Waals surface area contributed by atoms with Gasteiger partial charge in [0.1, 0.15) is 17.5 Å². The highest BCUT2D eigenvalue weighted by molar-refractivity contribution is 5.92. The summed E-state index contributed by atoms with van der Waals surface area (Å²) in [6, 6.07) is 8.68. The predicted octanol–water partition coefficient (Wildman–Crippen LogP) is 4.11. The molecule has 0 spiro atoms. The van der Waals surface area contributed by atoms with E-state index < -0.39 is 17.0 Å². The summed E-state index contributed by atoms with van der Waals surface area (Å²) in [5.41, 5.74) is 6.98. The van der Waals surface area contributed by atoms with Gasteiger partial charge in [-0.05, 0) is 67.0 Å². The largest absolute Gasteiger partial charge is 0.382 e. The number of rotatable bonds is 5. The standard InChI is InChI=1S/C25H26F2N6O/c1-4-33(23(34)18-8-9-20(28)31-29-18)13-25-11-10-15(24(25,2)3)14-12-19(30-32-22(14)25)21-16(26)6-5-7-17(21)27/h5-9,12,15H,4,10-11,13H2,1-3H3,(H2,28,31)/t15-,25-/m0/s1. The van der Waals surface area contributed by atoms with Crippen LogP contribution in [0.2, 0.25) is 0 Å². The van der Waals surface area contributed by atoms with Gasteiger partial charge in [-0.15, -0.1) is 10.2 Å². The second-order valence-electron chi connectivity index (χ2n) is 9.69. The van der Waals surface area contributed by atoms with Crippen molar-refractivity contribution >= 4 is 11.7 Å². The monoisotopic (exact) mass is 464 g/mol. The molecule has 3 aromatic rings. The maximum atomic E-state index is 14.4. The zero-order valence-corrected chi connectivity index (χ0v) is 19.3. The molecule has 2 heterocycles. The van der Waals surface area contributed by atoms with Gasteiger partial charge in [0.2, 0.25) is 0 Å². The molecule has 1 amide bonds. The summed E-state index contributed by atoms with van der Waals surface area (Å²) in [4.78, 5) is 15.0. The Morgan fingerprint density at radius 3 is 2.50 bits per heavy atom. The van der Waals surface area contributed by atoms with Crippen molar-refractivity contribution in [1.82, 2.24) is 25.3 Å². The first-order valence-corrected chi connectivity index (χ1v) is 11.4. The van der Waals surface area contributed by atoms with E-state index in [4.69, 9.17) is 5.73 Å². The second kappa shape index (κ2) is 7.78. The Bertz CT molecular complexity index is 1260. The Hall–Kier alpha value is -3.49. The molecular formula is C25H26F2N6O. The molecule has 9 heteroatoms. The summed E-state index contributed by atoms with van der Waals surface area (Å²) >= 11 is 0. The number of carbonyl (C=O) groups is 1. The fraction of sp³-hybridized carbons (Fsp3) is 0.400. The fourth-order valence-electron chi connectivity index (χ4n) is 5.91. The minimum absolute atomic E-state index is 0.150. The van der Waals surface area contributed by atoms with Crippen molar-refractivity contribution < 1.29 is 13.6 Å². The van der Waals surface area contributed by atoms with Gasteiger partial charge in [-0.25, -0.2) is 8.78 Å². The van der Waals surface area contributed by atoms with Crippen molar-refractivity contribution in [3.63, 3.8) is 0 Å². The van der Waals surface area contributed by atoms with Crippen LogP contribution in [0.5, 0.6) is 0 Å². The van der Waals surface area contributed by atoms with E-state index in [0.717, 1.165) is 24.1 Å². The van der Waals surface area contributed by atoms with Gasteiger partial charge in [-0.3, -0.25) is 4.79 Å². The zero-order chi connectivity index (χ0) is 24.3. The maximum absolute atomic E-state index is 14.4. The number of nitrogen functional groups attached to an aromatic ring is 1. The third kappa shape index (κ3) is 3.09. The Morgan fingerprint density at radius 2 is 1.85 bits per heavy atom. The van der Waals surface area contributed by atoms with Crippen molar-refractivity contribution in [3.05, 3.63) is 65.0 Å². The highest BCUT2D eigenvalue weighted by Gasteiger charge is 2.64. The molecule has 7 nitrogen and oxygen atoms in total. The van der Waals surface area contributed by atoms with E-state index >= 15 is 0 Å². The molecule has 0 saturated heterocycles. The van der Waals surface area contributed by atoms with E-state index in [-0.39, 0.29) is 40.0 Å². The van der Waals surface area contributed by atoms with Crippen LogP contribution in [0.15, 0.2) is 36.4 Å². The third-order valence-corrected chi connectivity index (χ3v) is 7.87. The predicted molar refractivity (Wildman–Crippen MR) is 123 cm³/mol. The molecule has 2 aliphatic rings. The fourth-order valence-corrected chi connectivity index (χ4v) is 5.91. The van der Waals surface area contributed by atoms with Crippen molar-refractivity contribution in [2.75, 3.05) is 18.8 Å². The van der Waals surface area contributed by atoms with E-state index in [2.05, 4.69) is 34.2 Å². The van der Waals surface area contributed by atoms with Crippen LogP contribution in [0.3, 0.4) is 0 Å². The number of hydrogen-bond donors (Lipinski definition) is 1. The van der Waals surface area contributed by atoms with Crippen LogP contribution in [0, 0.1) is 17.0 Å². The molecule has 2 aromatic heterocycles. The number of nitrogens with zero attached hydrogens (tertiary/aromatic N) is 5. The molecular weight excluding hydrogens is 438 g/mol. The molecule has 176 valence electrons. The summed E-state index contributed by atoms with van der Waals surface area (Å²) in [7, 11) is 0. The minimum Gasteiger partial charge on any atom is -0.382 e. The number of anilines is 1. The number of benzene rings is 1. The number of carbonyl (C=O) groups excluding carboxylic acids is 1. The van der Waals surface area contributed by atoms with Gasteiger partial charge in [0.25, 0.3) is 5.91 Å². The van der Waals surface area contributed by atoms with Crippen LogP contribution in [0.1, 0.15) is 61.3 Å².